The first-order valence-corrected chi connectivity index (χ1v) is 6.58. The molecule has 0 unspecified atom stereocenters. The highest BCUT2D eigenvalue weighted by Crippen LogP contribution is 2.26. The molecule has 4 nitrogen and oxygen atoms in total. The number of hydrogen-bond donors (Lipinski definition) is 1. The molecular weight excluding hydrogens is 287 g/mol. The van der Waals surface area contributed by atoms with Gasteiger partial charge in [0.1, 0.15) is 6.54 Å². The number of rotatable bonds is 4. The van der Waals surface area contributed by atoms with Gasteiger partial charge in [0, 0.05) is 6.04 Å². The largest absolute Gasteiger partial charge is 0.480 e. The summed E-state index contributed by atoms with van der Waals surface area (Å²) in [6.07, 6.45) is 2.91. The molecule has 0 atom stereocenters. The molecule has 1 aromatic carbocycles. The van der Waals surface area contributed by atoms with E-state index >= 15 is 0 Å². The minimum absolute atomic E-state index is 0.318. The number of nitrogens with zero attached hydrogens (tertiary/aromatic N) is 1. The van der Waals surface area contributed by atoms with Crippen LogP contribution in [-0.2, 0) is 4.79 Å². The summed E-state index contributed by atoms with van der Waals surface area (Å²) in [5.74, 6) is -6.88. The molecule has 0 spiro atoms. The van der Waals surface area contributed by atoms with Crippen molar-refractivity contribution in [2.45, 2.75) is 31.7 Å². The normalized spacial score (nSPS) is 15.2. The van der Waals surface area contributed by atoms with Crippen molar-refractivity contribution in [3.8, 4) is 0 Å². The molecule has 1 N–H and O–H groups in total. The summed E-state index contributed by atoms with van der Waals surface area (Å²) in [6.45, 7) is -0.595. The Hall–Kier alpha value is -2.05. The third-order valence-corrected chi connectivity index (χ3v) is 3.60. The van der Waals surface area contributed by atoms with Gasteiger partial charge in [-0.25, -0.2) is 13.2 Å². The van der Waals surface area contributed by atoms with Gasteiger partial charge in [-0.05, 0) is 25.0 Å². The van der Waals surface area contributed by atoms with Gasteiger partial charge < -0.3 is 10.0 Å². The van der Waals surface area contributed by atoms with Crippen molar-refractivity contribution in [1.29, 1.82) is 0 Å². The molecule has 1 aliphatic rings. The Bertz CT molecular complexity index is 571. The zero-order chi connectivity index (χ0) is 15.6. The SMILES string of the molecule is O=C(O)CN(C(=O)c1ccc(F)c(F)c1F)C1CCCC1. The van der Waals surface area contributed by atoms with Crippen LogP contribution in [-0.4, -0.2) is 34.5 Å². The molecule has 1 aromatic rings. The Labute approximate surface area is 119 Å². The highest BCUT2D eigenvalue weighted by Gasteiger charge is 2.31. The predicted molar refractivity (Wildman–Crippen MR) is 67.2 cm³/mol. The van der Waals surface area contributed by atoms with Crippen molar-refractivity contribution in [3.63, 3.8) is 0 Å². The number of halogens is 3. The standard InChI is InChI=1S/C14H14F3NO3/c15-10-6-5-9(12(16)13(10)17)14(21)18(7-11(19)20)8-3-1-2-4-8/h5-6,8H,1-4,7H2,(H,19,20). The van der Waals surface area contributed by atoms with E-state index in [0.29, 0.717) is 18.9 Å². The summed E-state index contributed by atoms with van der Waals surface area (Å²) < 4.78 is 39.8. The maximum absolute atomic E-state index is 13.7. The molecule has 0 radical (unpaired) electrons. The van der Waals surface area contributed by atoms with Crippen LogP contribution in [0.5, 0.6) is 0 Å². The lowest BCUT2D eigenvalue weighted by Gasteiger charge is -2.27. The number of carboxylic acids is 1. The average molecular weight is 301 g/mol. The van der Waals surface area contributed by atoms with E-state index in [1.54, 1.807) is 0 Å². The summed E-state index contributed by atoms with van der Waals surface area (Å²) in [4.78, 5) is 24.2. The fraction of sp³-hybridized carbons (Fsp3) is 0.429. The first kappa shape index (κ1) is 15.3. The van der Waals surface area contributed by atoms with Gasteiger partial charge in [0.25, 0.3) is 5.91 Å². The van der Waals surface area contributed by atoms with Crippen molar-refractivity contribution in [2.75, 3.05) is 6.54 Å². The zero-order valence-corrected chi connectivity index (χ0v) is 11.1. The summed E-state index contributed by atoms with van der Waals surface area (Å²) >= 11 is 0. The monoisotopic (exact) mass is 301 g/mol. The van der Waals surface area contributed by atoms with E-state index in [0.717, 1.165) is 23.8 Å². The molecule has 21 heavy (non-hydrogen) atoms. The molecule has 1 fully saturated rings. The van der Waals surface area contributed by atoms with Gasteiger partial charge in [0.15, 0.2) is 17.5 Å². The fourth-order valence-corrected chi connectivity index (χ4v) is 2.57. The number of hydrogen-bond acceptors (Lipinski definition) is 2. The fourth-order valence-electron chi connectivity index (χ4n) is 2.57. The topological polar surface area (TPSA) is 57.6 Å². The Kier molecular flexibility index (Phi) is 4.50. The molecule has 0 bridgehead atoms. The average Bonchev–Trinajstić information content (AvgIpc) is 2.95. The number of aliphatic carboxylic acids is 1. The van der Waals surface area contributed by atoms with Crippen molar-refractivity contribution in [3.05, 3.63) is 35.1 Å². The Morgan fingerprint density at radius 3 is 2.33 bits per heavy atom. The van der Waals surface area contributed by atoms with E-state index in [-0.39, 0.29) is 6.04 Å². The van der Waals surface area contributed by atoms with Crippen LogP contribution in [0.4, 0.5) is 13.2 Å². The van der Waals surface area contributed by atoms with Crippen LogP contribution < -0.4 is 0 Å². The smallest absolute Gasteiger partial charge is 0.323 e. The minimum Gasteiger partial charge on any atom is -0.480 e. The van der Waals surface area contributed by atoms with Gasteiger partial charge in [0.2, 0.25) is 0 Å². The molecule has 1 aliphatic carbocycles. The molecular formula is C14H14F3NO3. The molecule has 0 saturated heterocycles. The Balaban J connectivity index is 2.33. The van der Waals surface area contributed by atoms with Crippen LogP contribution in [0.2, 0.25) is 0 Å². The first-order chi connectivity index (χ1) is 9.91. The van der Waals surface area contributed by atoms with E-state index in [9.17, 15) is 22.8 Å². The van der Waals surface area contributed by atoms with Gasteiger partial charge >= 0.3 is 5.97 Å². The summed E-state index contributed by atoms with van der Waals surface area (Å²) in [5.41, 5.74) is -0.651. The van der Waals surface area contributed by atoms with Crippen LogP contribution in [0.15, 0.2) is 12.1 Å². The maximum atomic E-state index is 13.7. The summed E-state index contributed by atoms with van der Waals surface area (Å²) in [7, 11) is 0. The number of benzene rings is 1. The second-order valence-electron chi connectivity index (χ2n) is 4.99. The molecule has 114 valence electrons. The van der Waals surface area contributed by atoms with Crippen LogP contribution in [0.3, 0.4) is 0 Å². The highest BCUT2D eigenvalue weighted by atomic mass is 19.2. The van der Waals surface area contributed by atoms with Gasteiger partial charge in [-0.3, -0.25) is 9.59 Å². The van der Waals surface area contributed by atoms with E-state index in [2.05, 4.69) is 0 Å². The van der Waals surface area contributed by atoms with Crippen molar-refractivity contribution >= 4 is 11.9 Å². The quantitative estimate of drug-likeness (QED) is 0.870. The van der Waals surface area contributed by atoms with Gasteiger partial charge in [-0.15, -0.1) is 0 Å². The van der Waals surface area contributed by atoms with E-state index in [4.69, 9.17) is 5.11 Å². The number of carbonyl (C=O) groups is 2. The van der Waals surface area contributed by atoms with Crippen molar-refractivity contribution < 1.29 is 27.9 Å². The molecule has 2 rings (SSSR count). The molecule has 1 saturated carbocycles. The molecule has 0 heterocycles. The lowest BCUT2D eigenvalue weighted by molar-refractivity contribution is -0.138. The number of carboxylic acid groups (broad SMARTS) is 1. The molecule has 1 amide bonds. The third kappa shape index (κ3) is 3.17. The molecule has 7 heteroatoms. The van der Waals surface area contributed by atoms with Crippen LogP contribution in [0.25, 0.3) is 0 Å². The first-order valence-electron chi connectivity index (χ1n) is 6.58. The van der Waals surface area contributed by atoms with E-state index < -0.39 is 41.4 Å². The van der Waals surface area contributed by atoms with Gasteiger partial charge in [0.05, 0.1) is 5.56 Å². The van der Waals surface area contributed by atoms with Crippen LogP contribution in [0, 0.1) is 17.5 Å². The predicted octanol–water partition coefficient (Wildman–Crippen LogP) is 2.57. The number of amides is 1. The van der Waals surface area contributed by atoms with Gasteiger partial charge in [-0.2, -0.15) is 0 Å². The second-order valence-corrected chi connectivity index (χ2v) is 4.99. The van der Waals surface area contributed by atoms with Gasteiger partial charge in [-0.1, -0.05) is 12.8 Å². The highest BCUT2D eigenvalue weighted by molar-refractivity contribution is 5.96. The molecule has 0 aromatic heterocycles. The lowest BCUT2D eigenvalue weighted by Crippen LogP contribution is -2.42. The van der Waals surface area contributed by atoms with E-state index in [1.807, 2.05) is 0 Å². The molecule has 0 aliphatic heterocycles. The van der Waals surface area contributed by atoms with Crippen molar-refractivity contribution in [2.24, 2.45) is 0 Å². The summed E-state index contributed by atoms with van der Waals surface area (Å²) in [6, 6.07) is 1.17. The zero-order valence-electron chi connectivity index (χ0n) is 11.1. The van der Waals surface area contributed by atoms with Crippen molar-refractivity contribution in [1.82, 2.24) is 4.90 Å². The van der Waals surface area contributed by atoms with Crippen LogP contribution >= 0.6 is 0 Å². The third-order valence-electron chi connectivity index (χ3n) is 3.60. The Morgan fingerprint density at radius 1 is 1.14 bits per heavy atom. The summed E-state index contributed by atoms with van der Waals surface area (Å²) in [5, 5.41) is 8.89. The minimum atomic E-state index is -1.73. The number of carbonyl (C=O) groups excluding carboxylic acids is 1. The van der Waals surface area contributed by atoms with Crippen LogP contribution in [0.1, 0.15) is 36.0 Å². The van der Waals surface area contributed by atoms with E-state index in [1.165, 1.54) is 0 Å². The Morgan fingerprint density at radius 2 is 1.76 bits per heavy atom. The maximum Gasteiger partial charge on any atom is 0.323 e. The lowest BCUT2D eigenvalue weighted by atomic mass is 10.1. The second kappa shape index (κ2) is 6.15.